The lowest BCUT2D eigenvalue weighted by molar-refractivity contribution is -0.177. The Hall–Kier alpha value is -1.51. The van der Waals surface area contributed by atoms with Crippen LogP contribution in [0.4, 0.5) is 26.3 Å². The van der Waals surface area contributed by atoms with Gasteiger partial charge in [-0.05, 0) is 43.8 Å². The van der Waals surface area contributed by atoms with Crippen LogP contribution in [0, 0.1) is 17.8 Å². The highest BCUT2D eigenvalue weighted by Gasteiger charge is 2.50. The van der Waals surface area contributed by atoms with E-state index in [1.807, 2.05) is 0 Å². The molecule has 0 aromatic carbocycles. The van der Waals surface area contributed by atoms with Crippen LogP contribution in [0.1, 0.15) is 39.0 Å². The normalized spacial score (nSPS) is 30.5. The zero-order valence-corrected chi connectivity index (χ0v) is 14.3. The number of amides is 1. The van der Waals surface area contributed by atoms with Gasteiger partial charge in [-0.3, -0.25) is 4.79 Å². The first-order chi connectivity index (χ1) is 11.9. The molecule has 148 valence electrons. The highest BCUT2D eigenvalue weighted by atomic mass is 19.4. The first kappa shape index (κ1) is 20.8. The molecule has 3 nitrogen and oxygen atoms in total. The number of carbonyl (C=O) groups excluding carboxylic acids is 1. The van der Waals surface area contributed by atoms with Gasteiger partial charge < -0.3 is 11.1 Å². The van der Waals surface area contributed by atoms with Crippen LogP contribution in [-0.4, -0.2) is 24.3 Å². The van der Waals surface area contributed by atoms with Crippen molar-refractivity contribution >= 4 is 5.91 Å². The van der Waals surface area contributed by atoms with Gasteiger partial charge in [0, 0.05) is 29.7 Å². The Balaban J connectivity index is 2.12. The fourth-order valence-corrected chi connectivity index (χ4v) is 3.54. The van der Waals surface area contributed by atoms with E-state index < -0.39 is 41.4 Å². The fourth-order valence-electron chi connectivity index (χ4n) is 3.54. The first-order valence-corrected chi connectivity index (χ1v) is 8.50. The summed E-state index contributed by atoms with van der Waals surface area (Å²) in [6, 6.07) is 0.0849. The lowest BCUT2D eigenvalue weighted by Gasteiger charge is -2.31. The first-order valence-electron chi connectivity index (χ1n) is 8.50. The van der Waals surface area contributed by atoms with Gasteiger partial charge >= 0.3 is 12.4 Å². The van der Waals surface area contributed by atoms with Crippen LogP contribution in [0.15, 0.2) is 23.4 Å². The van der Waals surface area contributed by atoms with E-state index >= 15 is 0 Å². The molecule has 0 aliphatic heterocycles. The van der Waals surface area contributed by atoms with Crippen LogP contribution in [0.3, 0.4) is 0 Å². The predicted octanol–water partition coefficient (Wildman–Crippen LogP) is 4.21. The largest absolute Gasteiger partial charge is 0.413 e. The van der Waals surface area contributed by atoms with E-state index in [4.69, 9.17) is 5.73 Å². The third-order valence-electron chi connectivity index (χ3n) is 5.05. The fraction of sp³-hybridized carbons (Fsp3) is 0.706. The summed E-state index contributed by atoms with van der Waals surface area (Å²) in [4.78, 5) is 12.1. The average molecular weight is 384 g/mol. The number of hydrogen-bond donors (Lipinski definition) is 2. The summed E-state index contributed by atoms with van der Waals surface area (Å²) in [5.41, 5.74) is 4.03. The van der Waals surface area contributed by atoms with E-state index in [0.29, 0.717) is 12.2 Å². The van der Waals surface area contributed by atoms with E-state index in [2.05, 4.69) is 5.32 Å². The van der Waals surface area contributed by atoms with Crippen LogP contribution in [-0.2, 0) is 4.79 Å². The molecule has 0 heterocycles. The molecular formula is C17H22F6N2O. The van der Waals surface area contributed by atoms with Crippen LogP contribution >= 0.6 is 0 Å². The molecule has 2 unspecified atom stereocenters. The van der Waals surface area contributed by atoms with Gasteiger partial charge in [0.1, 0.15) is 0 Å². The molecule has 1 saturated carbocycles. The predicted molar refractivity (Wildman–Crippen MR) is 83.6 cm³/mol. The minimum absolute atomic E-state index is 0.0439. The highest BCUT2D eigenvalue weighted by Crippen LogP contribution is 2.45. The molecule has 0 bridgehead atoms. The Morgan fingerprint density at radius 1 is 1.15 bits per heavy atom. The van der Waals surface area contributed by atoms with Crippen molar-refractivity contribution in [3.63, 3.8) is 0 Å². The molecule has 0 aromatic rings. The minimum Gasteiger partial charge on any atom is -0.328 e. The van der Waals surface area contributed by atoms with Gasteiger partial charge in [0.2, 0.25) is 5.91 Å². The van der Waals surface area contributed by atoms with Crippen molar-refractivity contribution in [2.45, 2.75) is 57.4 Å². The monoisotopic (exact) mass is 384 g/mol. The molecule has 1 amide bonds. The quantitative estimate of drug-likeness (QED) is 0.717. The second-order valence-electron chi connectivity index (χ2n) is 7.11. The summed E-state index contributed by atoms with van der Waals surface area (Å²) in [7, 11) is 0. The molecule has 3 N–H and O–H groups in total. The number of allylic oxidation sites excluding steroid dienone is 3. The maximum absolute atomic E-state index is 13.1. The number of hydrogen-bond acceptors (Lipinski definition) is 2. The standard InChI is InChI=1S/C17H22F6N2O/c1-9-13(16(18,19)20)7-12(8-14(9)17(21,22)23)25-15(26)6-10-2-4-11(24)5-3-10/h7-11,13H,2-6,24H2,1H3,(H,25,26). The Morgan fingerprint density at radius 2 is 1.73 bits per heavy atom. The maximum Gasteiger partial charge on any atom is 0.413 e. The third-order valence-corrected chi connectivity index (χ3v) is 5.05. The Morgan fingerprint density at radius 3 is 2.23 bits per heavy atom. The van der Waals surface area contributed by atoms with Gasteiger partial charge in [-0.25, -0.2) is 0 Å². The topological polar surface area (TPSA) is 55.1 Å². The molecule has 1 fully saturated rings. The van der Waals surface area contributed by atoms with Crippen LogP contribution < -0.4 is 11.1 Å². The minimum atomic E-state index is -4.90. The maximum atomic E-state index is 13.1. The second kappa shape index (κ2) is 7.62. The molecule has 9 heteroatoms. The summed E-state index contributed by atoms with van der Waals surface area (Å²) in [6.07, 6.45) is -5.45. The van der Waals surface area contributed by atoms with Crippen molar-refractivity contribution in [2.24, 2.45) is 23.5 Å². The van der Waals surface area contributed by atoms with E-state index in [1.165, 1.54) is 0 Å². The van der Waals surface area contributed by atoms with Gasteiger partial charge in [0.05, 0.1) is 5.92 Å². The van der Waals surface area contributed by atoms with Crippen LogP contribution in [0.5, 0.6) is 0 Å². The lowest BCUT2D eigenvalue weighted by atomic mass is 9.81. The van der Waals surface area contributed by atoms with Crippen LogP contribution in [0.2, 0.25) is 0 Å². The lowest BCUT2D eigenvalue weighted by Crippen LogP contribution is -2.37. The van der Waals surface area contributed by atoms with Gasteiger partial charge in [-0.2, -0.15) is 26.3 Å². The summed E-state index contributed by atoms with van der Waals surface area (Å²) in [5, 5.41) is 2.22. The summed E-state index contributed by atoms with van der Waals surface area (Å²) < 4.78 is 78.6. The molecule has 2 aliphatic rings. The smallest absolute Gasteiger partial charge is 0.328 e. The number of rotatable bonds is 3. The highest BCUT2D eigenvalue weighted by molar-refractivity contribution is 5.78. The zero-order valence-electron chi connectivity index (χ0n) is 14.3. The molecule has 2 rings (SSSR count). The van der Waals surface area contributed by atoms with Crippen molar-refractivity contribution < 1.29 is 31.1 Å². The summed E-state index contributed by atoms with van der Waals surface area (Å²) in [6.45, 7) is 0.887. The molecule has 0 saturated heterocycles. The molecule has 2 aliphatic carbocycles. The van der Waals surface area contributed by atoms with Gasteiger partial charge in [0.15, 0.2) is 0 Å². The Bertz CT molecular complexity index is 585. The zero-order chi connectivity index (χ0) is 19.7. The molecule has 26 heavy (non-hydrogen) atoms. The summed E-state index contributed by atoms with van der Waals surface area (Å²) >= 11 is 0. The molecule has 2 atom stereocenters. The van der Waals surface area contributed by atoms with Gasteiger partial charge in [0.25, 0.3) is 0 Å². The van der Waals surface area contributed by atoms with Crippen molar-refractivity contribution in [3.05, 3.63) is 23.4 Å². The molecule has 0 radical (unpaired) electrons. The molecule has 0 spiro atoms. The van der Waals surface area contributed by atoms with Gasteiger partial charge in [-0.15, -0.1) is 0 Å². The van der Waals surface area contributed by atoms with Crippen LogP contribution in [0.25, 0.3) is 0 Å². The van der Waals surface area contributed by atoms with E-state index in [9.17, 15) is 31.1 Å². The molecule has 0 aromatic heterocycles. The van der Waals surface area contributed by atoms with Crippen molar-refractivity contribution in [1.29, 1.82) is 0 Å². The SMILES string of the molecule is CC1C(C(F)(F)F)=CC(NC(=O)CC2CCC(N)CC2)=CC1C(F)(F)F. The number of nitrogens with one attached hydrogen (secondary N) is 1. The van der Waals surface area contributed by atoms with Crippen molar-refractivity contribution in [3.8, 4) is 0 Å². The molecular weight excluding hydrogens is 362 g/mol. The second-order valence-corrected chi connectivity index (χ2v) is 7.11. The number of nitrogens with two attached hydrogens (primary N) is 1. The van der Waals surface area contributed by atoms with E-state index in [-0.39, 0.29) is 18.4 Å². The number of carbonyl (C=O) groups is 1. The van der Waals surface area contributed by atoms with E-state index in [0.717, 1.165) is 32.6 Å². The number of alkyl halides is 6. The van der Waals surface area contributed by atoms with Crippen molar-refractivity contribution in [1.82, 2.24) is 5.32 Å². The number of halogens is 6. The third kappa shape index (κ3) is 5.25. The Kier molecular flexibility index (Phi) is 6.09. The van der Waals surface area contributed by atoms with E-state index in [1.54, 1.807) is 0 Å². The van der Waals surface area contributed by atoms with Crippen molar-refractivity contribution in [2.75, 3.05) is 0 Å². The Labute approximate surface area is 147 Å². The van der Waals surface area contributed by atoms with Gasteiger partial charge in [-0.1, -0.05) is 6.92 Å². The average Bonchev–Trinajstić information content (AvgIpc) is 2.49. The summed E-state index contributed by atoms with van der Waals surface area (Å²) in [5.74, 6) is -4.60.